The van der Waals surface area contributed by atoms with Crippen molar-refractivity contribution in [3.05, 3.63) is 58.1 Å². The van der Waals surface area contributed by atoms with Crippen molar-refractivity contribution < 1.29 is 21.9 Å². The largest absolute Gasteiger partial charge is 0.488 e. The molecule has 0 saturated carbocycles. The lowest BCUT2D eigenvalue weighted by Gasteiger charge is -2.10. The summed E-state index contributed by atoms with van der Waals surface area (Å²) in [5.41, 5.74) is 0.0518. The van der Waals surface area contributed by atoms with Gasteiger partial charge in [-0.1, -0.05) is 0 Å². The lowest BCUT2D eigenvalue weighted by molar-refractivity contribution is 0.297. The zero-order chi connectivity index (χ0) is 15.6. The molecule has 0 N–H and O–H groups in total. The van der Waals surface area contributed by atoms with Crippen LogP contribution in [0.25, 0.3) is 0 Å². The molecule has 2 rings (SSSR count). The summed E-state index contributed by atoms with van der Waals surface area (Å²) >= 11 is 3.13. The highest BCUT2D eigenvalue weighted by molar-refractivity contribution is 9.10. The first-order valence-electron chi connectivity index (χ1n) is 5.58. The number of ether oxygens (including phenoxy) is 1. The normalized spacial score (nSPS) is 11.4. The summed E-state index contributed by atoms with van der Waals surface area (Å²) in [5.74, 6) is -0.882. The summed E-state index contributed by atoms with van der Waals surface area (Å²) in [7, 11) is 1.37. The van der Waals surface area contributed by atoms with Gasteiger partial charge in [-0.25, -0.2) is 17.2 Å². The summed E-state index contributed by atoms with van der Waals surface area (Å²) < 4.78 is 54.5. The molecule has 0 heterocycles. The molecule has 0 fully saturated rings. The van der Waals surface area contributed by atoms with Crippen LogP contribution in [0.4, 0.5) is 8.78 Å². The molecule has 112 valence electrons. The van der Waals surface area contributed by atoms with Crippen LogP contribution in [0.5, 0.6) is 5.75 Å². The van der Waals surface area contributed by atoms with Crippen molar-refractivity contribution in [3.8, 4) is 5.75 Å². The molecule has 8 heteroatoms. The highest BCUT2D eigenvalue weighted by Crippen LogP contribution is 2.30. The van der Waals surface area contributed by atoms with Gasteiger partial charge in [-0.2, -0.15) is 0 Å². The van der Waals surface area contributed by atoms with Gasteiger partial charge in [-0.3, -0.25) is 0 Å². The predicted molar refractivity (Wildman–Crippen MR) is 77.9 cm³/mol. The Balaban J connectivity index is 2.19. The fourth-order valence-corrected chi connectivity index (χ4v) is 2.98. The molecular weight excluding hydrogens is 390 g/mol. The summed E-state index contributed by atoms with van der Waals surface area (Å²) in [6.45, 7) is -0.199. The van der Waals surface area contributed by atoms with E-state index in [-0.39, 0.29) is 22.8 Å². The maximum atomic E-state index is 13.4. The van der Waals surface area contributed by atoms with Crippen LogP contribution < -0.4 is 4.74 Å². The van der Waals surface area contributed by atoms with Gasteiger partial charge in [0.25, 0.3) is 9.05 Å². The van der Waals surface area contributed by atoms with Crippen molar-refractivity contribution >= 4 is 35.7 Å². The molecule has 0 aliphatic rings. The van der Waals surface area contributed by atoms with E-state index in [1.165, 1.54) is 18.2 Å². The lowest BCUT2D eigenvalue weighted by atomic mass is 10.2. The quantitative estimate of drug-likeness (QED) is 0.725. The molecule has 0 aliphatic carbocycles. The fourth-order valence-electron chi connectivity index (χ4n) is 1.56. The predicted octanol–water partition coefficient (Wildman–Crippen LogP) is 4.23. The first-order chi connectivity index (χ1) is 9.77. The number of rotatable bonds is 4. The van der Waals surface area contributed by atoms with Gasteiger partial charge in [-0.05, 0) is 52.3 Å². The van der Waals surface area contributed by atoms with Crippen molar-refractivity contribution in [2.45, 2.75) is 11.5 Å². The van der Waals surface area contributed by atoms with Gasteiger partial charge in [-0.15, -0.1) is 0 Å². The highest BCUT2D eigenvalue weighted by atomic mass is 79.9. The Bertz CT molecular complexity index is 781. The molecule has 0 aliphatic heterocycles. The summed E-state index contributed by atoms with van der Waals surface area (Å²) in [6, 6.07) is 6.93. The summed E-state index contributed by atoms with van der Waals surface area (Å²) in [5, 5.41) is 0. The Hall–Kier alpha value is -1.18. The molecule has 2 aromatic carbocycles. The standard InChI is InChI=1S/C13H8BrClF2O3S/c14-11-6-10(21(15,18)19)2-4-13(11)20-7-8-5-9(16)1-3-12(8)17/h1-6H,7H2. The van der Waals surface area contributed by atoms with Crippen molar-refractivity contribution in [1.82, 2.24) is 0 Å². The molecule has 2 aromatic rings. The third kappa shape index (κ3) is 4.15. The Morgan fingerprint density at radius 3 is 2.48 bits per heavy atom. The second-order valence-corrected chi connectivity index (χ2v) is 7.47. The number of hydrogen-bond acceptors (Lipinski definition) is 3. The molecular formula is C13H8BrClF2O3S. The second-order valence-electron chi connectivity index (χ2n) is 4.05. The monoisotopic (exact) mass is 396 g/mol. The highest BCUT2D eigenvalue weighted by Gasteiger charge is 2.13. The Morgan fingerprint density at radius 2 is 1.86 bits per heavy atom. The number of hydrogen-bond donors (Lipinski definition) is 0. The molecule has 3 nitrogen and oxygen atoms in total. The van der Waals surface area contributed by atoms with E-state index in [9.17, 15) is 17.2 Å². The fraction of sp³-hybridized carbons (Fsp3) is 0.0769. The SMILES string of the molecule is O=S(=O)(Cl)c1ccc(OCc2cc(F)ccc2F)c(Br)c1. The smallest absolute Gasteiger partial charge is 0.261 e. The van der Waals surface area contributed by atoms with Crippen molar-refractivity contribution in [1.29, 1.82) is 0 Å². The number of halogens is 4. The topological polar surface area (TPSA) is 43.4 Å². The van der Waals surface area contributed by atoms with Crippen LogP contribution in [0.2, 0.25) is 0 Å². The van der Waals surface area contributed by atoms with Crippen molar-refractivity contribution in [2.75, 3.05) is 0 Å². The first-order valence-corrected chi connectivity index (χ1v) is 8.68. The first kappa shape index (κ1) is 16.2. The maximum Gasteiger partial charge on any atom is 0.261 e. The van der Waals surface area contributed by atoms with Crippen LogP contribution in [-0.2, 0) is 15.7 Å². The van der Waals surface area contributed by atoms with Gasteiger partial charge in [0.1, 0.15) is 24.0 Å². The van der Waals surface area contributed by atoms with Gasteiger partial charge in [0.05, 0.1) is 9.37 Å². The third-order valence-corrected chi connectivity index (χ3v) is 4.55. The molecule has 0 amide bonds. The number of benzene rings is 2. The van der Waals surface area contributed by atoms with E-state index in [0.29, 0.717) is 4.47 Å². The lowest BCUT2D eigenvalue weighted by Crippen LogP contribution is -2.00. The molecule has 0 atom stereocenters. The van der Waals surface area contributed by atoms with Crippen LogP contribution in [0.3, 0.4) is 0 Å². The van der Waals surface area contributed by atoms with Crippen molar-refractivity contribution in [3.63, 3.8) is 0 Å². The minimum absolute atomic E-state index is 0.0518. The van der Waals surface area contributed by atoms with Gasteiger partial charge in [0, 0.05) is 16.2 Å². The summed E-state index contributed by atoms with van der Waals surface area (Å²) in [6.07, 6.45) is 0. The van der Waals surface area contributed by atoms with Gasteiger partial charge >= 0.3 is 0 Å². The average Bonchev–Trinajstić information content (AvgIpc) is 2.40. The van der Waals surface area contributed by atoms with Crippen LogP contribution in [0, 0.1) is 11.6 Å². The molecule has 0 unspecified atom stereocenters. The third-order valence-electron chi connectivity index (χ3n) is 2.58. The Labute approximate surface area is 133 Å². The van der Waals surface area contributed by atoms with Crippen LogP contribution in [0.1, 0.15) is 5.56 Å². The molecule has 0 spiro atoms. The zero-order valence-electron chi connectivity index (χ0n) is 10.3. The van der Waals surface area contributed by atoms with E-state index in [1.807, 2.05) is 0 Å². The Kier molecular flexibility index (Phi) is 4.85. The van der Waals surface area contributed by atoms with E-state index in [1.54, 1.807) is 0 Å². The minimum atomic E-state index is -3.84. The average molecular weight is 398 g/mol. The molecule has 21 heavy (non-hydrogen) atoms. The second kappa shape index (κ2) is 6.29. The molecule has 0 saturated heterocycles. The molecule has 0 radical (unpaired) electrons. The van der Waals surface area contributed by atoms with Gasteiger partial charge in [0.15, 0.2) is 0 Å². The van der Waals surface area contributed by atoms with Crippen molar-refractivity contribution in [2.24, 2.45) is 0 Å². The van der Waals surface area contributed by atoms with Crippen LogP contribution in [0.15, 0.2) is 45.8 Å². The van der Waals surface area contributed by atoms with E-state index in [2.05, 4.69) is 15.9 Å². The molecule has 0 bridgehead atoms. The zero-order valence-corrected chi connectivity index (χ0v) is 13.5. The van der Waals surface area contributed by atoms with E-state index < -0.39 is 20.7 Å². The molecule has 0 aromatic heterocycles. The van der Waals surface area contributed by atoms with Gasteiger partial charge in [0.2, 0.25) is 0 Å². The summed E-state index contributed by atoms with van der Waals surface area (Å²) in [4.78, 5) is -0.0969. The van der Waals surface area contributed by atoms with Crippen LogP contribution in [-0.4, -0.2) is 8.42 Å². The van der Waals surface area contributed by atoms with Crippen LogP contribution >= 0.6 is 26.6 Å². The van der Waals surface area contributed by atoms with E-state index in [0.717, 1.165) is 18.2 Å². The van der Waals surface area contributed by atoms with Gasteiger partial charge < -0.3 is 4.74 Å². The minimum Gasteiger partial charge on any atom is -0.488 e. The van der Waals surface area contributed by atoms with E-state index >= 15 is 0 Å². The Morgan fingerprint density at radius 1 is 1.14 bits per heavy atom. The van der Waals surface area contributed by atoms with E-state index in [4.69, 9.17) is 15.4 Å². The maximum absolute atomic E-state index is 13.4.